The van der Waals surface area contributed by atoms with E-state index in [9.17, 15) is 9.18 Å². The van der Waals surface area contributed by atoms with Gasteiger partial charge >= 0.3 is 0 Å². The highest BCUT2D eigenvalue weighted by Crippen LogP contribution is 2.22. The zero-order valence-corrected chi connectivity index (χ0v) is 12.6. The Morgan fingerprint density at radius 1 is 1.19 bits per heavy atom. The van der Waals surface area contributed by atoms with Crippen molar-refractivity contribution in [2.24, 2.45) is 0 Å². The molecule has 0 aliphatic rings. The molecule has 1 amide bonds. The van der Waals surface area contributed by atoms with Crippen LogP contribution in [0.25, 0.3) is 0 Å². The third-order valence-corrected chi connectivity index (χ3v) is 3.52. The fourth-order valence-electron chi connectivity index (χ4n) is 1.88. The van der Waals surface area contributed by atoms with Gasteiger partial charge in [0.1, 0.15) is 5.82 Å². The highest BCUT2D eigenvalue weighted by molar-refractivity contribution is 6.31. The van der Waals surface area contributed by atoms with E-state index in [0.717, 1.165) is 11.1 Å². The molecule has 110 valence electrons. The summed E-state index contributed by atoms with van der Waals surface area (Å²) in [6.45, 7) is 3.61. The quantitative estimate of drug-likeness (QED) is 0.891. The highest BCUT2D eigenvalue weighted by atomic mass is 35.5. The van der Waals surface area contributed by atoms with Crippen molar-refractivity contribution in [1.29, 1.82) is 0 Å². The highest BCUT2D eigenvalue weighted by Gasteiger charge is 2.08. The zero-order chi connectivity index (χ0) is 15.4. The Bertz CT molecular complexity index is 673. The molecule has 21 heavy (non-hydrogen) atoms. The summed E-state index contributed by atoms with van der Waals surface area (Å²) < 4.78 is 13.6. The molecular weight excluding hydrogens is 291 g/mol. The van der Waals surface area contributed by atoms with E-state index < -0.39 is 0 Å². The summed E-state index contributed by atoms with van der Waals surface area (Å²) in [6, 6.07) is 10.1. The monoisotopic (exact) mass is 306 g/mol. The maximum Gasteiger partial charge on any atom is 0.243 e. The Kier molecular flexibility index (Phi) is 4.81. The summed E-state index contributed by atoms with van der Waals surface area (Å²) in [4.78, 5) is 11.9. The van der Waals surface area contributed by atoms with Crippen LogP contribution in [0.1, 0.15) is 11.1 Å². The molecular formula is C16H16ClFN2O. The number of benzene rings is 2. The van der Waals surface area contributed by atoms with Crippen LogP contribution >= 0.6 is 11.6 Å². The molecule has 0 saturated heterocycles. The van der Waals surface area contributed by atoms with Gasteiger partial charge in [-0.15, -0.1) is 0 Å². The molecule has 0 atom stereocenters. The van der Waals surface area contributed by atoms with Crippen LogP contribution in [0.5, 0.6) is 0 Å². The predicted octanol–water partition coefficient (Wildman–Crippen LogP) is 4.15. The lowest BCUT2D eigenvalue weighted by Gasteiger charge is -2.11. The van der Waals surface area contributed by atoms with E-state index in [4.69, 9.17) is 11.6 Å². The largest absolute Gasteiger partial charge is 0.374 e. The molecule has 0 fully saturated rings. The van der Waals surface area contributed by atoms with E-state index in [1.54, 1.807) is 30.3 Å². The number of anilines is 2. The summed E-state index contributed by atoms with van der Waals surface area (Å²) in [5, 5.41) is 6.11. The van der Waals surface area contributed by atoms with E-state index in [1.165, 1.54) is 6.07 Å². The van der Waals surface area contributed by atoms with Crippen LogP contribution in [0.4, 0.5) is 15.8 Å². The second kappa shape index (κ2) is 6.59. The molecule has 0 saturated carbocycles. The second-order valence-electron chi connectivity index (χ2n) is 4.80. The van der Waals surface area contributed by atoms with Crippen molar-refractivity contribution in [2.75, 3.05) is 17.2 Å². The minimum Gasteiger partial charge on any atom is -0.374 e. The van der Waals surface area contributed by atoms with Crippen molar-refractivity contribution in [1.82, 2.24) is 0 Å². The zero-order valence-electron chi connectivity index (χ0n) is 11.8. The summed E-state index contributed by atoms with van der Waals surface area (Å²) in [5.41, 5.74) is 2.59. The van der Waals surface area contributed by atoms with E-state index in [-0.39, 0.29) is 18.3 Å². The summed E-state index contributed by atoms with van der Waals surface area (Å²) >= 11 is 5.99. The molecule has 2 N–H and O–H groups in total. The number of aryl methyl sites for hydroxylation is 1. The van der Waals surface area contributed by atoms with E-state index in [0.29, 0.717) is 16.4 Å². The summed E-state index contributed by atoms with van der Waals surface area (Å²) in [6.07, 6.45) is 0. The van der Waals surface area contributed by atoms with Crippen molar-refractivity contribution in [2.45, 2.75) is 13.8 Å². The maximum atomic E-state index is 13.6. The van der Waals surface area contributed by atoms with E-state index >= 15 is 0 Å². The first-order chi connectivity index (χ1) is 9.97. The normalized spacial score (nSPS) is 10.3. The fraction of sp³-hybridized carbons (Fsp3) is 0.188. The number of hydrogen-bond acceptors (Lipinski definition) is 2. The minimum atomic E-state index is -0.373. The number of hydrogen-bond donors (Lipinski definition) is 2. The van der Waals surface area contributed by atoms with Gasteiger partial charge < -0.3 is 10.6 Å². The van der Waals surface area contributed by atoms with Crippen molar-refractivity contribution < 1.29 is 9.18 Å². The lowest BCUT2D eigenvalue weighted by Crippen LogP contribution is -2.22. The Morgan fingerprint density at radius 3 is 2.67 bits per heavy atom. The maximum absolute atomic E-state index is 13.6. The van der Waals surface area contributed by atoms with Crippen molar-refractivity contribution in [3.63, 3.8) is 0 Å². The average Bonchev–Trinajstić information content (AvgIpc) is 2.43. The fourth-order valence-corrected chi connectivity index (χ4v) is 2.05. The summed E-state index contributed by atoms with van der Waals surface area (Å²) in [7, 11) is 0. The van der Waals surface area contributed by atoms with Gasteiger partial charge in [-0.05, 0) is 49.2 Å². The second-order valence-corrected chi connectivity index (χ2v) is 5.20. The van der Waals surface area contributed by atoms with Gasteiger partial charge in [0.2, 0.25) is 5.91 Å². The van der Waals surface area contributed by atoms with Gasteiger partial charge in [-0.1, -0.05) is 23.7 Å². The Hall–Kier alpha value is -2.07. The minimum absolute atomic E-state index is 0.0219. The predicted molar refractivity (Wildman–Crippen MR) is 84.4 cm³/mol. The van der Waals surface area contributed by atoms with Gasteiger partial charge in [0, 0.05) is 10.7 Å². The average molecular weight is 307 g/mol. The third-order valence-electron chi connectivity index (χ3n) is 3.11. The number of halogens is 2. The molecule has 3 nitrogen and oxygen atoms in total. The van der Waals surface area contributed by atoms with Gasteiger partial charge in [-0.25, -0.2) is 4.39 Å². The molecule has 0 aliphatic carbocycles. The molecule has 0 aromatic heterocycles. The molecule has 0 bridgehead atoms. The number of carbonyl (C=O) groups is 1. The standard InChI is InChI=1S/C16H16ClFN2O/c1-10-6-7-15(13(18)8-10)19-9-16(21)20-14-5-3-4-12(17)11(14)2/h3-8,19H,9H2,1-2H3,(H,20,21). The third kappa shape index (κ3) is 3.95. The van der Waals surface area contributed by atoms with Crippen molar-refractivity contribution in [3.8, 4) is 0 Å². The molecule has 5 heteroatoms. The molecule has 2 aromatic rings. The van der Waals surface area contributed by atoms with Crippen LogP contribution in [0, 0.1) is 19.7 Å². The molecule has 0 unspecified atom stereocenters. The summed E-state index contributed by atoms with van der Waals surface area (Å²) in [5.74, 6) is -0.637. The first-order valence-corrected chi connectivity index (χ1v) is 6.90. The van der Waals surface area contributed by atoms with Crippen LogP contribution in [0.3, 0.4) is 0 Å². The Labute approximate surface area is 128 Å². The van der Waals surface area contributed by atoms with Gasteiger partial charge in [-0.2, -0.15) is 0 Å². The lowest BCUT2D eigenvalue weighted by molar-refractivity contribution is -0.114. The Morgan fingerprint density at radius 2 is 1.95 bits per heavy atom. The number of rotatable bonds is 4. The molecule has 2 rings (SSSR count). The first-order valence-electron chi connectivity index (χ1n) is 6.52. The lowest BCUT2D eigenvalue weighted by atomic mass is 10.2. The SMILES string of the molecule is Cc1ccc(NCC(=O)Nc2cccc(Cl)c2C)c(F)c1. The molecule has 2 aromatic carbocycles. The molecule has 0 spiro atoms. The number of carbonyl (C=O) groups excluding carboxylic acids is 1. The van der Waals surface area contributed by atoms with Gasteiger partial charge in [0.05, 0.1) is 12.2 Å². The smallest absolute Gasteiger partial charge is 0.243 e. The number of nitrogens with one attached hydrogen (secondary N) is 2. The van der Waals surface area contributed by atoms with E-state index in [1.807, 2.05) is 13.8 Å². The van der Waals surface area contributed by atoms with Gasteiger partial charge in [0.25, 0.3) is 0 Å². The van der Waals surface area contributed by atoms with Crippen molar-refractivity contribution in [3.05, 3.63) is 58.4 Å². The molecule has 0 radical (unpaired) electrons. The van der Waals surface area contributed by atoms with Crippen LogP contribution in [-0.4, -0.2) is 12.5 Å². The van der Waals surface area contributed by atoms with Crippen molar-refractivity contribution >= 4 is 28.9 Å². The van der Waals surface area contributed by atoms with Crippen LogP contribution in [-0.2, 0) is 4.79 Å². The topological polar surface area (TPSA) is 41.1 Å². The van der Waals surface area contributed by atoms with Gasteiger partial charge in [-0.3, -0.25) is 4.79 Å². The molecule has 0 heterocycles. The Balaban J connectivity index is 1.97. The van der Waals surface area contributed by atoms with Crippen LogP contribution in [0.2, 0.25) is 5.02 Å². The van der Waals surface area contributed by atoms with E-state index in [2.05, 4.69) is 10.6 Å². The molecule has 0 aliphatic heterocycles. The first kappa shape index (κ1) is 15.3. The van der Waals surface area contributed by atoms with Crippen LogP contribution < -0.4 is 10.6 Å². The van der Waals surface area contributed by atoms with Gasteiger partial charge in [0.15, 0.2) is 0 Å². The number of amides is 1. The van der Waals surface area contributed by atoms with Crippen LogP contribution in [0.15, 0.2) is 36.4 Å².